The smallest absolute Gasteiger partial charge is 0.253 e. The van der Waals surface area contributed by atoms with Crippen LogP contribution in [0.3, 0.4) is 0 Å². The van der Waals surface area contributed by atoms with Gasteiger partial charge in [-0.15, -0.1) is 0 Å². The Morgan fingerprint density at radius 3 is 2.28 bits per heavy atom. The zero-order valence-corrected chi connectivity index (χ0v) is 26.6. The lowest BCUT2D eigenvalue weighted by Gasteiger charge is -2.26. The van der Waals surface area contributed by atoms with Gasteiger partial charge in [0.1, 0.15) is 17.9 Å². The highest BCUT2D eigenvalue weighted by Gasteiger charge is 2.25. The minimum atomic E-state index is -0.767. The largest absolute Gasteiger partial charge is 0.445 e. The monoisotopic (exact) mass is 632 g/mol. The Bertz CT molecular complexity index is 1570. The number of amides is 2. The molecule has 0 saturated carbocycles. The van der Waals surface area contributed by atoms with Crippen molar-refractivity contribution in [1.82, 2.24) is 15.2 Å². The molecule has 1 unspecified atom stereocenters. The standard InChI is InChI=1S/C36H42F2N4O4/c1-4-11-42(12-5-2)36(44)29-19-27(18-28(20-29)35-40-10-13-46-35)34(43)41-33(17-26-15-30(37)21-31(38)16-26)32(39)23-45-22-25-9-7-8-24(6-3)14-25/h7-10,13-16,18-21,32-33H,4-6,11-12,17,22-23,39H2,1-3H3,(H,41,43)/t32?,33-/m0/s1. The van der Waals surface area contributed by atoms with Crippen LogP contribution in [0.2, 0.25) is 0 Å². The second-order valence-electron chi connectivity index (χ2n) is 11.3. The van der Waals surface area contributed by atoms with E-state index >= 15 is 0 Å². The predicted octanol–water partition coefficient (Wildman–Crippen LogP) is 6.33. The highest BCUT2D eigenvalue weighted by molar-refractivity contribution is 6.01. The van der Waals surface area contributed by atoms with Crippen molar-refractivity contribution in [2.24, 2.45) is 5.73 Å². The van der Waals surface area contributed by atoms with Crippen LogP contribution in [0, 0.1) is 11.6 Å². The van der Waals surface area contributed by atoms with Crippen molar-refractivity contribution in [3.05, 3.63) is 113 Å². The van der Waals surface area contributed by atoms with E-state index in [1.165, 1.54) is 36.2 Å². The number of hydrogen-bond donors (Lipinski definition) is 2. The summed E-state index contributed by atoms with van der Waals surface area (Å²) >= 11 is 0. The van der Waals surface area contributed by atoms with Gasteiger partial charge < -0.3 is 25.1 Å². The molecule has 1 aromatic heterocycles. The molecule has 3 N–H and O–H groups in total. The Morgan fingerprint density at radius 2 is 1.63 bits per heavy atom. The lowest BCUT2D eigenvalue weighted by atomic mass is 9.98. The Kier molecular flexibility index (Phi) is 12.6. The normalized spacial score (nSPS) is 12.5. The average molecular weight is 633 g/mol. The summed E-state index contributed by atoms with van der Waals surface area (Å²) in [6.07, 6.45) is 5.40. The van der Waals surface area contributed by atoms with Crippen LogP contribution in [0.5, 0.6) is 0 Å². The molecule has 0 aliphatic rings. The summed E-state index contributed by atoms with van der Waals surface area (Å²) in [5, 5.41) is 2.94. The summed E-state index contributed by atoms with van der Waals surface area (Å²) in [6.45, 7) is 7.59. The molecular formula is C36H42F2N4O4. The molecule has 0 bridgehead atoms. The number of ether oxygens (including phenoxy) is 1. The summed E-state index contributed by atoms with van der Waals surface area (Å²) < 4.78 is 39.6. The van der Waals surface area contributed by atoms with Gasteiger partial charge in [0.15, 0.2) is 0 Å². The van der Waals surface area contributed by atoms with E-state index in [0.717, 1.165) is 30.9 Å². The van der Waals surface area contributed by atoms with E-state index in [4.69, 9.17) is 14.9 Å². The molecule has 2 amide bonds. The molecule has 0 saturated heterocycles. The average Bonchev–Trinajstić information content (AvgIpc) is 3.59. The first-order valence-electron chi connectivity index (χ1n) is 15.7. The first-order chi connectivity index (χ1) is 22.2. The second-order valence-corrected chi connectivity index (χ2v) is 11.3. The Labute approximate surface area is 269 Å². The number of halogens is 2. The molecule has 0 fully saturated rings. The highest BCUT2D eigenvalue weighted by atomic mass is 19.1. The van der Waals surface area contributed by atoms with Gasteiger partial charge in [-0.1, -0.05) is 45.0 Å². The lowest BCUT2D eigenvalue weighted by Crippen LogP contribution is -2.51. The van der Waals surface area contributed by atoms with Crippen molar-refractivity contribution >= 4 is 11.8 Å². The van der Waals surface area contributed by atoms with Gasteiger partial charge in [0.25, 0.3) is 11.8 Å². The van der Waals surface area contributed by atoms with Gasteiger partial charge in [0, 0.05) is 41.9 Å². The Morgan fingerprint density at radius 1 is 0.935 bits per heavy atom. The second kappa shape index (κ2) is 16.8. The third kappa shape index (κ3) is 9.55. The van der Waals surface area contributed by atoms with Crippen molar-refractivity contribution in [2.45, 2.75) is 65.1 Å². The topological polar surface area (TPSA) is 111 Å². The zero-order valence-electron chi connectivity index (χ0n) is 26.6. The molecule has 0 spiro atoms. The number of nitrogens with two attached hydrogens (primary N) is 1. The van der Waals surface area contributed by atoms with Crippen LogP contribution in [0.1, 0.15) is 71.0 Å². The van der Waals surface area contributed by atoms with E-state index in [9.17, 15) is 18.4 Å². The van der Waals surface area contributed by atoms with Crippen LogP contribution in [-0.4, -0.2) is 53.5 Å². The number of hydrogen-bond acceptors (Lipinski definition) is 6. The molecule has 4 aromatic rings. The number of benzene rings is 3. The lowest BCUT2D eigenvalue weighted by molar-refractivity contribution is 0.0755. The van der Waals surface area contributed by atoms with Crippen LogP contribution in [-0.2, 0) is 24.2 Å². The van der Waals surface area contributed by atoms with Crippen molar-refractivity contribution in [1.29, 1.82) is 0 Å². The maximum absolute atomic E-state index is 14.1. The predicted molar refractivity (Wildman–Crippen MR) is 173 cm³/mol. The number of oxazole rings is 1. The fourth-order valence-corrected chi connectivity index (χ4v) is 5.32. The number of rotatable bonds is 16. The summed E-state index contributed by atoms with van der Waals surface area (Å²) in [5.41, 5.74) is 10.0. The van der Waals surface area contributed by atoms with Crippen LogP contribution in [0.25, 0.3) is 11.5 Å². The van der Waals surface area contributed by atoms with Gasteiger partial charge in [0.05, 0.1) is 25.5 Å². The minimum absolute atomic E-state index is 0.0439. The third-order valence-corrected chi connectivity index (χ3v) is 7.59. The van der Waals surface area contributed by atoms with Gasteiger partial charge in [-0.25, -0.2) is 13.8 Å². The number of nitrogens with zero attached hydrogens (tertiary/aromatic N) is 2. The number of carbonyl (C=O) groups excluding carboxylic acids is 2. The molecular weight excluding hydrogens is 590 g/mol. The Hall–Kier alpha value is -4.41. The fourth-order valence-electron chi connectivity index (χ4n) is 5.32. The van der Waals surface area contributed by atoms with Gasteiger partial charge in [-0.2, -0.15) is 0 Å². The van der Waals surface area contributed by atoms with Crippen LogP contribution < -0.4 is 11.1 Å². The molecule has 0 aliphatic carbocycles. The SMILES string of the molecule is CCCN(CCC)C(=O)c1cc(C(=O)N[C@@H](Cc2cc(F)cc(F)c2)C(N)COCc2cccc(CC)c2)cc(-c2ncco2)c1. The maximum Gasteiger partial charge on any atom is 0.253 e. The molecule has 0 aliphatic heterocycles. The van der Waals surface area contributed by atoms with Gasteiger partial charge >= 0.3 is 0 Å². The van der Waals surface area contributed by atoms with Gasteiger partial charge in [-0.05, 0) is 72.7 Å². The number of aromatic nitrogens is 1. The van der Waals surface area contributed by atoms with Crippen molar-refractivity contribution in [3.63, 3.8) is 0 Å². The summed E-state index contributed by atoms with van der Waals surface area (Å²) in [5.74, 6) is -1.94. The highest BCUT2D eigenvalue weighted by Crippen LogP contribution is 2.23. The van der Waals surface area contributed by atoms with Crippen molar-refractivity contribution < 1.29 is 27.5 Å². The molecule has 0 radical (unpaired) electrons. The quantitative estimate of drug-likeness (QED) is 0.149. The van der Waals surface area contributed by atoms with E-state index in [1.807, 2.05) is 32.0 Å². The summed E-state index contributed by atoms with van der Waals surface area (Å²) in [6, 6.07) is 14.5. The molecule has 3 aromatic carbocycles. The van der Waals surface area contributed by atoms with Gasteiger partial charge in [0.2, 0.25) is 5.89 Å². The van der Waals surface area contributed by atoms with Crippen LogP contribution >= 0.6 is 0 Å². The first-order valence-corrected chi connectivity index (χ1v) is 15.7. The third-order valence-electron chi connectivity index (χ3n) is 7.59. The Balaban J connectivity index is 1.60. The summed E-state index contributed by atoms with van der Waals surface area (Å²) in [4.78, 5) is 33.4. The number of nitrogens with one attached hydrogen (secondary N) is 1. The summed E-state index contributed by atoms with van der Waals surface area (Å²) in [7, 11) is 0. The van der Waals surface area contributed by atoms with E-state index in [1.54, 1.807) is 17.0 Å². The molecule has 244 valence electrons. The van der Waals surface area contributed by atoms with Crippen molar-refractivity contribution in [3.8, 4) is 11.5 Å². The molecule has 1 heterocycles. The van der Waals surface area contributed by atoms with E-state index in [-0.39, 0.29) is 30.4 Å². The maximum atomic E-state index is 14.1. The van der Waals surface area contributed by atoms with Crippen LogP contribution in [0.4, 0.5) is 8.78 Å². The number of aryl methyl sites for hydroxylation is 1. The van der Waals surface area contributed by atoms with E-state index < -0.39 is 29.6 Å². The minimum Gasteiger partial charge on any atom is -0.445 e. The zero-order chi connectivity index (χ0) is 33.1. The molecule has 4 rings (SSSR count). The molecule has 46 heavy (non-hydrogen) atoms. The first kappa shape index (κ1) is 34.5. The fraction of sp³-hybridized carbons (Fsp3) is 0.361. The van der Waals surface area contributed by atoms with Crippen LogP contribution in [0.15, 0.2) is 77.5 Å². The molecule has 2 atom stereocenters. The van der Waals surface area contributed by atoms with Crippen molar-refractivity contribution in [2.75, 3.05) is 19.7 Å². The van der Waals surface area contributed by atoms with Gasteiger partial charge in [-0.3, -0.25) is 9.59 Å². The molecule has 10 heteroatoms. The number of carbonyl (C=O) groups is 2. The van der Waals surface area contributed by atoms with E-state index in [2.05, 4.69) is 23.3 Å². The van der Waals surface area contributed by atoms with E-state index in [0.29, 0.717) is 36.4 Å². The molecule has 8 nitrogen and oxygen atoms in total.